The largest absolute Gasteiger partial charge is 0.358 e. The van der Waals surface area contributed by atoms with Gasteiger partial charge < -0.3 is 4.98 Å². The molecule has 0 saturated carbocycles. The lowest BCUT2D eigenvalue weighted by molar-refractivity contribution is 1.12. The molecule has 0 aliphatic heterocycles. The molecule has 2 aromatic carbocycles. The van der Waals surface area contributed by atoms with Gasteiger partial charge >= 0.3 is 0 Å². The van der Waals surface area contributed by atoms with Gasteiger partial charge in [-0.2, -0.15) is 0 Å². The van der Waals surface area contributed by atoms with Gasteiger partial charge in [0.05, 0.1) is 0 Å². The third-order valence-corrected chi connectivity index (χ3v) is 3.36. The Morgan fingerprint density at radius 2 is 1.82 bits per heavy atom. The van der Waals surface area contributed by atoms with Crippen LogP contribution in [0.25, 0.3) is 10.9 Å². The standard InChI is InChI=1S/C15H12BrN/c16-13-6-3-4-11(8-13)9-14-10-12-5-1-2-7-15(12)17-14/h1-8,10,17H,9H2. The van der Waals surface area contributed by atoms with E-state index in [1.165, 1.54) is 22.2 Å². The summed E-state index contributed by atoms with van der Waals surface area (Å²) in [5.74, 6) is 0. The number of benzene rings is 2. The first kappa shape index (κ1) is 10.6. The fourth-order valence-corrected chi connectivity index (χ4v) is 2.54. The number of rotatable bonds is 2. The molecule has 0 aliphatic rings. The quantitative estimate of drug-likeness (QED) is 0.713. The Balaban J connectivity index is 1.94. The van der Waals surface area contributed by atoms with Gasteiger partial charge in [-0.15, -0.1) is 0 Å². The summed E-state index contributed by atoms with van der Waals surface area (Å²) in [4.78, 5) is 3.45. The number of hydrogen-bond donors (Lipinski definition) is 1. The van der Waals surface area contributed by atoms with Gasteiger partial charge in [0.15, 0.2) is 0 Å². The van der Waals surface area contributed by atoms with Crippen molar-refractivity contribution in [3.63, 3.8) is 0 Å². The third kappa shape index (κ3) is 2.27. The van der Waals surface area contributed by atoms with Crippen LogP contribution in [0.5, 0.6) is 0 Å². The van der Waals surface area contributed by atoms with Gasteiger partial charge in [-0.1, -0.05) is 46.3 Å². The Hall–Kier alpha value is -1.54. The molecule has 0 atom stereocenters. The molecule has 0 radical (unpaired) electrons. The molecule has 1 aromatic heterocycles. The van der Waals surface area contributed by atoms with E-state index in [1.807, 2.05) is 0 Å². The molecule has 3 aromatic rings. The fourth-order valence-electron chi connectivity index (χ4n) is 2.10. The highest BCUT2D eigenvalue weighted by Crippen LogP contribution is 2.19. The van der Waals surface area contributed by atoms with Gasteiger partial charge in [-0.25, -0.2) is 0 Å². The molecule has 3 rings (SSSR count). The molecule has 0 aliphatic carbocycles. The lowest BCUT2D eigenvalue weighted by atomic mass is 10.1. The lowest BCUT2D eigenvalue weighted by Gasteiger charge is -1.99. The third-order valence-electron chi connectivity index (χ3n) is 2.87. The van der Waals surface area contributed by atoms with Crippen LogP contribution < -0.4 is 0 Å². The van der Waals surface area contributed by atoms with E-state index in [2.05, 4.69) is 75.5 Å². The zero-order valence-corrected chi connectivity index (χ0v) is 10.9. The normalized spacial score (nSPS) is 10.9. The molecule has 0 amide bonds. The number of nitrogens with one attached hydrogen (secondary N) is 1. The number of para-hydroxylation sites is 1. The average Bonchev–Trinajstić information content (AvgIpc) is 2.71. The molecular formula is C15H12BrN. The first-order valence-corrected chi connectivity index (χ1v) is 6.42. The molecule has 84 valence electrons. The second-order valence-electron chi connectivity index (χ2n) is 4.19. The van der Waals surface area contributed by atoms with Gasteiger partial charge in [-0.05, 0) is 35.2 Å². The summed E-state index contributed by atoms with van der Waals surface area (Å²) in [6.07, 6.45) is 0.939. The highest BCUT2D eigenvalue weighted by Gasteiger charge is 2.01. The minimum Gasteiger partial charge on any atom is -0.358 e. The summed E-state index contributed by atoms with van der Waals surface area (Å²) in [6, 6.07) is 19.0. The Kier molecular flexibility index (Phi) is 2.73. The van der Waals surface area contributed by atoms with Crippen LogP contribution >= 0.6 is 15.9 Å². The van der Waals surface area contributed by atoms with E-state index in [0.29, 0.717) is 0 Å². The van der Waals surface area contributed by atoms with E-state index >= 15 is 0 Å². The summed E-state index contributed by atoms with van der Waals surface area (Å²) < 4.78 is 1.13. The number of hydrogen-bond acceptors (Lipinski definition) is 0. The van der Waals surface area contributed by atoms with Crippen LogP contribution in [0.4, 0.5) is 0 Å². The highest BCUT2D eigenvalue weighted by atomic mass is 79.9. The predicted octanol–water partition coefficient (Wildman–Crippen LogP) is 4.52. The van der Waals surface area contributed by atoms with Crippen LogP contribution in [-0.2, 0) is 6.42 Å². The van der Waals surface area contributed by atoms with E-state index in [1.54, 1.807) is 0 Å². The molecule has 0 unspecified atom stereocenters. The minimum absolute atomic E-state index is 0.939. The molecule has 0 fully saturated rings. The molecule has 1 nitrogen and oxygen atoms in total. The summed E-state index contributed by atoms with van der Waals surface area (Å²) in [6.45, 7) is 0. The van der Waals surface area contributed by atoms with E-state index in [0.717, 1.165) is 10.9 Å². The Morgan fingerprint density at radius 3 is 2.65 bits per heavy atom. The maximum Gasteiger partial charge on any atom is 0.0456 e. The minimum atomic E-state index is 0.939. The fraction of sp³-hybridized carbons (Fsp3) is 0.0667. The molecule has 17 heavy (non-hydrogen) atoms. The van der Waals surface area contributed by atoms with Crippen LogP contribution in [0.2, 0.25) is 0 Å². The Morgan fingerprint density at radius 1 is 0.941 bits per heavy atom. The summed E-state index contributed by atoms with van der Waals surface area (Å²) >= 11 is 3.50. The molecule has 1 heterocycles. The zero-order chi connectivity index (χ0) is 11.7. The summed E-state index contributed by atoms with van der Waals surface area (Å²) in [5.41, 5.74) is 3.77. The highest BCUT2D eigenvalue weighted by molar-refractivity contribution is 9.10. The van der Waals surface area contributed by atoms with Crippen molar-refractivity contribution >= 4 is 26.8 Å². The SMILES string of the molecule is Brc1cccc(Cc2cc3ccccc3[nH]2)c1. The van der Waals surface area contributed by atoms with E-state index in [4.69, 9.17) is 0 Å². The van der Waals surface area contributed by atoms with Gasteiger partial charge in [0.1, 0.15) is 0 Å². The maximum atomic E-state index is 3.50. The number of aromatic amines is 1. The van der Waals surface area contributed by atoms with E-state index < -0.39 is 0 Å². The van der Waals surface area contributed by atoms with E-state index in [-0.39, 0.29) is 0 Å². The Labute approximate surface area is 109 Å². The van der Waals surface area contributed by atoms with Crippen molar-refractivity contribution in [2.75, 3.05) is 0 Å². The molecule has 1 N–H and O–H groups in total. The van der Waals surface area contributed by atoms with Crippen LogP contribution in [0.3, 0.4) is 0 Å². The average molecular weight is 286 g/mol. The van der Waals surface area contributed by atoms with Crippen molar-refractivity contribution < 1.29 is 0 Å². The zero-order valence-electron chi connectivity index (χ0n) is 9.28. The molecule has 2 heteroatoms. The molecular weight excluding hydrogens is 274 g/mol. The molecule has 0 saturated heterocycles. The van der Waals surface area contributed by atoms with Gasteiger partial charge in [0, 0.05) is 22.1 Å². The van der Waals surface area contributed by atoms with Crippen molar-refractivity contribution in [1.82, 2.24) is 4.98 Å². The van der Waals surface area contributed by atoms with Gasteiger partial charge in [-0.3, -0.25) is 0 Å². The van der Waals surface area contributed by atoms with Crippen LogP contribution in [-0.4, -0.2) is 4.98 Å². The van der Waals surface area contributed by atoms with E-state index in [9.17, 15) is 0 Å². The second kappa shape index (κ2) is 4.38. The second-order valence-corrected chi connectivity index (χ2v) is 5.10. The first-order valence-electron chi connectivity index (χ1n) is 5.62. The predicted molar refractivity (Wildman–Crippen MR) is 75.2 cm³/mol. The smallest absolute Gasteiger partial charge is 0.0456 e. The van der Waals surface area contributed by atoms with Crippen LogP contribution in [0.15, 0.2) is 59.1 Å². The van der Waals surface area contributed by atoms with Gasteiger partial charge in [0.2, 0.25) is 0 Å². The molecule has 0 bridgehead atoms. The van der Waals surface area contributed by atoms with Crippen molar-refractivity contribution in [1.29, 1.82) is 0 Å². The number of aromatic nitrogens is 1. The van der Waals surface area contributed by atoms with Crippen molar-refractivity contribution in [3.05, 3.63) is 70.3 Å². The number of halogens is 1. The summed E-state index contributed by atoms with van der Waals surface area (Å²) in [5, 5.41) is 1.28. The monoisotopic (exact) mass is 285 g/mol. The number of fused-ring (bicyclic) bond motifs is 1. The summed E-state index contributed by atoms with van der Waals surface area (Å²) in [7, 11) is 0. The maximum absolute atomic E-state index is 3.50. The van der Waals surface area contributed by atoms with Crippen molar-refractivity contribution in [3.8, 4) is 0 Å². The van der Waals surface area contributed by atoms with Crippen molar-refractivity contribution in [2.45, 2.75) is 6.42 Å². The lowest BCUT2D eigenvalue weighted by Crippen LogP contribution is -1.87. The number of H-pyrrole nitrogens is 1. The van der Waals surface area contributed by atoms with Crippen molar-refractivity contribution in [2.24, 2.45) is 0 Å². The molecule has 0 spiro atoms. The van der Waals surface area contributed by atoms with Crippen LogP contribution in [0.1, 0.15) is 11.3 Å². The van der Waals surface area contributed by atoms with Gasteiger partial charge in [0.25, 0.3) is 0 Å². The first-order chi connectivity index (χ1) is 8.31. The van der Waals surface area contributed by atoms with Crippen LogP contribution in [0, 0.1) is 0 Å². The topological polar surface area (TPSA) is 15.8 Å². The Bertz CT molecular complexity index is 622.